The number of ether oxygens (including phenoxy) is 2. The molecule has 0 saturated carbocycles. The van der Waals surface area contributed by atoms with Gasteiger partial charge in [-0.25, -0.2) is 4.79 Å². The Morgan fingerprint density at radius 1 is 1.29 bits per heavy atom. The molecule has 0 aliphatic carbocycles. The van der Waals surface area contributed by atoms with Crippen molar-refractivity contribution in [1.82, 2.24) is 5.32 Å². The van der Waals surface area contributed by atoms with Gasteiger partial charge in [0.1, 0.15) is 6.61 Å². The molecule has 1 aromatic carbocycles. The zero-order valence-electron chi connectivity index (χ0n) is 11.7. The molecule has 0 radical (unpaired) electrons. The van der Waals surface area contributed by atoms with E-state index in [0.29, 0.717) is 19.4 Å². The lowest BCUT2D eigenvalue weighted by Gasteiger charge is -2.26. The van der Waals surface area contributed by atoms with Crippen molar-refractivity contribution in [2.75, 3.05) is 13.2 Å². The maximum absolute atomic E-state index is 11.5. The number of carboxylic acids is 1. The van der Waals surface area contributed by atoms with Gasteiger partial charge in [0.2, 0.25) is 0 Å². The number of benzene rings is 1. The zero-order valence-corrected chi connectivity index (χ0v) is 11.7. The van der Waals surface area contributed by atoms with Crippen LogP contribution in [0.2, 0.25) is 0 Å². The van der Waals surface area contributed by atoms with Crippen molar-refractivity contribution in [2.45, 2.75) is 25.6 Å². The van der Waals surface area contributed by atoms with Crippen LogP contribution in [0.5, 0.6) is 0 Å². The summed E-state index contributed by atoms with van der Waals surface area (Å²) >= 11 is 0. The molecule has 1 aliphatic heterocycles. The molecule has 0 spiro atoms. The fourth-order valence-corrected chi connectivity index (χ4v) is 2.13. The summed E-state index contributed by atoms with van der Waals surface area (Å²) in [7, 11) is 0. The van der Waals surface area contributed by atoms with E-state index in [1.807, 2.05) is 30.3 Å². The van der Waals surface area contributed by atoms with E-state index in [0.717, 1.165) is 5.56 Å². The van der Waals surface area contributed by atoms with Crippen molar-refractivity contribution in [3.63, 3.8) is 0 Å². The maximum Gasteiger partial charge on any atom is 0.407 e. The molecule has 2 atom stereocenters. The van der Waals surface area contributed by atoms with Crippen LogP contribution in [0.1, 0.15) is 18.4 Å². The quantitative estimate of drug-likeness (QED) is 0.864. The number of rotatable bonds is 5. The first kappa shape index (κ1) is 15.3. The lowest BCUT2D eigenvalue weighted by Crippen LogP contribution is -2.39. The minimum absolute atomic E-state index is 0.148. The van der Waals surface area contributed by atoms with E-state index in [1.54, 1.807) is 0 Å². The second kappa shape index (κ2) is 7.64. The average molecular weight is 293 g/mol. The molecule has 6 nitrogen and oxygen atoms in total. The summed E-state index contributed by atoms with van der Waals surface area (Å²) in [6.45, 7) is 0.750. The third-order valence-electron chi connectivity index (χ3n) is 3.41. The van der Waals surface area contributed by atoms with E-state index in [2.05, 4.69) is 5.32 Å². The number of carbonyl (C=O) groups excluding carboxylic acids is 1. The molecule has 0 aromatic heterocycles. The lowest BCUT2D eigenvalue weighted by molar-refractivity contribution is -0.148. The van der Waals surface area contributed by atoms with Crippen LogP contribution in [-0.4, -0.2) is 36.4 Å². The summed E-state index contributed by atoms with van der Waals surface area (Å²) in [5.41, 5.74) is 0.922. The summed E-state index contributed by atoms with van der Waals surface area (Å²) in [4.78, 5) is 22.3. The molecular formula is C15H19NO5. The molecular weight excluding hydrogens is 274 g/mol. The Hall–Kier alpha value is -2.08. The Morgan fingerprint density at radius 3 is 2.67 bits per heavy atom. The van der Waals surface area contributed by atoms with E-state index in [-0.39, 0.29) is 19.3 Å². The number of hydrogen-bond acceptors (Lipinski definition) is 4. The van der Waals surface area contributed by atoms with Crippen LogP contribution in [0.25, 0.3) is 0 Å². The van der Waals surface area contributed by atoms with E-state index in [4.69, 9.17) is 14.6 Å². The van der Waals surface area contributed by atoms with E-state index < -0.39 is 18.0 Å². The Labute approximate surface area is 123 Å². The van der Waals surface area contributed by atoms with Crippen LogP contribution >= 0.6 is 0 Å². The van der Waals surface area contributed by atoms with Gasteiger partial charge in [-0.05, 0) is 18.4 Å². The first-order valence-corrected chi connectivity index (χ1v) is 6.94. The summed E-state index contributed by atoms with van der Waals surface area (Å²) in [5.74, 6) is -1.27. The normalized spacial score (nSPS) is 21.5. The highest BCUT2D eigenvalue weighted by atomic mass is 16.5. The molecule has 2 N–H and O–H groups in total. The van der Waals surface area contributed by atoms with Gasteiger partial charge in [0.25, 0.3) is 0 Å². The summed E-state index contributed by atoms with van der Waals surface area (Å²) in [6.07, 6.45) is 0.545. The van der Waals surface area contributed by atoms with Crippen LogP contribution in [0.4, 0.5) is 4.79 Å². The highest BCUT2D eigenvalue weighted by molar-refractivity contribution is 5.70. The smallest absolute Gasteiger partial charge is 0.407 e. The van der Waals surface area contributed by atoms with Gasteiger partial charge in [0.15, 0.2) is 0 Å². The van der Waals surface area contributed by atoms with Gasteiger partial charge in [-0.15, -0.1) is 0 Å². The average Bonchev–Trinajstić information content (AvgIpc) is 2.52. The third-order valence-corrected chi connectivity index (χ3v) is 3.41. The Bertz CT molecular complexity index is 468. The molecule has 1 saturated heterocycles. The van der Waals surface area contributed by atoms with Crippen LogP contribution in [0.15, 0.2) is 30.3 Å². The number of aliphatic carboxylic acids is 1. The van der Waals surface area contributed by atoms with E-state index in [9.17, 15) is 9.59 Å². The minimum Gasteiger partial charge on any atom is -0.481 e. The SMILES string of the molecule is O=C(NCC1CCC(C(=O)O)CO1)OCc1ccccc1. The van der Waals surface area contributed by atoms with Gasteiger partial charge in [-0.3, -0.25) is 4.79 Å². The summed E-state index contributed by atoms with van der Waals surface area (Å²) < 4.78 is 10.5. The van der Waals surface area contributed by atoms with Gasteiger partial charge in [0.05, 0.1) is 18.6 Å². The first-order valence-electron chi connectivity index (χ1n) is 6.94. The number of amides is 1. The van der Waals surface area contributed by atoms with Gasteiger partial charge in [-0.1, -0.05) is 30.3 Å². The molecule has 6 heteroatoms. The van der Waals surface area contributed by atoms with Gasteiger partial charge in [0, 0.05) is 6.54 Å². The molecule has 21 heavy (non-hydrogen) atoms. The second-order valence-electron chi connectivity index (χ2n) is 5.01. The van der Waals surface area contributed by atoms with Crippen LogP contribution < -0.4 is 5.32 Å². The van der Waals surface area contributed by atoms with Crippen molar-refractivity contribution in [1.29, 1.82) is 0 Å². The molecule has 2 rings (SSSR count). The molecule has 0 bridgehead atoms. The van der Waals surface area contributed by atoms with Gasteiger partial charge < -0.3 is 19.9 Å². The van der Waals surface area contributed by atoms with Gasteiger partial charge >= 0.3 is 12.1 Å². The predicted molar refractivity (Wildman–Crippen MR) is 74.7 cm³/mol. The largest absolute Gasteiger partial charge is 0.481 e. The Morgan fingerprint density at radius 2 is 2.05 bits per heavy atom. The van der Waals surface area contributed by atoms with E-state index in [1.165, 1.54) is 0 Å². The van der Waals surface area contributed by atoms with Crippen molar-refractivity contribution < 1.29 is 24.2 Å². The maximum atomic E-state index is 11.5. The van der Waals surface area contributed by atoms with Crippen LogP contribution in [-0.2, 0) is 20.9 Å². The fraction of sp³-hybridized carbons (Fsp3) is 0.467. The highest BCUT2D eigenvalue weighted by Crippen LogP contribution is 2.18. The Balaban J connectivity index is 1.62. The topological polar surface area (TPSA) is 84.9 Å². The fourth-order valence-electron chi connectivity index (χ4n) is 2.13. The standard InChI is InChI=1S/C15H19NO5/c17-14(18)12-6-7-13(20-10-12)8-16-15(19)21-9-11-4-2-1-3-5-11/h1-5,12-13H,6-10H2,(H,16,19)(H,17,18). The molecule has 1 aromatic rings. The number of carbonyl (C=O) groups is 2. The zero-order chi connectivity index (χ0) is 15.1. The summed E-state index contributed by atoms with van der Waals surface area (Å²) in [6, 6.07) is 9.41. The second-order valence-corrected chi connectivity index (χ2v) is 5.01. The summed E-state index contributed by atoms with van der Waals surface area (Å²) in [5, 5.41) is 11.5. The predicted octanol–water partition coefficient (Wildman–Crippen LogP) is 1.79. The first-order chi connectivity index (χ1) is 10.1. The van der Waals surface area contributed by atoms with Crippen molar-refractivity contribution in [2.24, 2.45) is 5.92 Å². The lowest BCUT2D eigenvalue weighted by atomic mass is 9.99. The minimum atomic E-state index is -0.830. The number of alkyl carbamates (subject to hydrolysis) is 1. The molecule has 2 unspecified atom stereocenters. The molecule has 1 heterocycles. The molecule has 1 fully saturated rings. The van der Waals surface area contributed by atoms with Crippen LogP contribution in [0, 0.1) is 5.92 Å². The molecule has 1 aliphatic rings. The monoisotopic (exact) mass is 293 g/mol. The molecule has 114 valence electrons. The number of carboxylic acid groups (broad SMARTS) is 1. The Kier molecular flexibility index (Phi) is 5.57. The third kappa shape index (κ3) is 5.07. The van der Waals surface area contributed by atoms with Crippen LogP contribution in [0.3, 0.4) is 0 Å². The van der Waals surface area contributed by atoms with Crippen molar-refractivity contribution in [3.05, 3.63) is 35.9 Å². The number of hydrogen-bond donors (Lipinski definition) is 2. The van der Waals surface area contributed by atoms with Gasteiger partial charge in [-0.2, -0.15) is 0 Å². The molecule has 1 amide bonds. The van der Waals surface area contributed by atoms with E-state index >= 15 is 0 Å². The highest BCUT2D eigenvalue weighted by Gasteiger charge is 2.26. The van der Waals surface area contributed by atoms with Crippen molar-refractivity contribution >= 4 is 12.1 Å². The van der Waals surface area contributed by atoms with Crippen molar-refractivity contribution in [3.8, 4) is 0 Å². The number of nitrogens with one attached hydrogen (secondary N) is 1.